The van der Waals surface area contributed by atoms with Crippen LogP contribution in [0.4, 0.5) is 0 Å². The lowest BCUT2D eigenvalue weighted by Gasteiger charge is -2.28. The van der Waals surface area contributed by atoms with Crippen LogP contribution in [0.5, 0.6) is 5.75 Å². The standard InChI is InChI=1S/C16H24O2/c1-2-3-11-18-14-8-6-7-13(12-14)15-9-4-5-10-16(15)17/h6-8,12,15-17H,2-5,9-11H2,1H3/t15-,16+/m1/s1. The molecule has 0 amide bonds. The number of hydrogen-bond acceptors (Lipinski definition) is 2. The highest BCUT2D eigenvalue weighted by molar-refractivity contribution is 5.31. The van der Waals surface area contributed by atoms with Crippen molar-refractivity contribution in [2.45, 2.75) is 57.5 Å². The predicted octanol–water partition coefficient (Wildman–Crippen LogP) is 3.88. The van der Waals surface area contributed by atoms with E-state index in [9.17, 15) is 5.11 Å². The fourth-order valence-electron chi connectivity index (χ4n) is 2.67. The van der Waals surface area contributed by atoms with Gasteiger partial charge in [-0.15, -0.1) is 0 Å². The lowest BCUT2D eigenvalue weighted by Crippen LogP contribution is -2.22. The van der Waals surface area contributed by atoms with Gasteiger partial charge in [-0.2, -0.15) is 0 Å². The van der Waals surface area contributed by atoms with Gasteiger partial charge in [0.05, 0.1) is 12.7 Å². The van der Waals surface area contributed by atoms with E-state index in [-0.39, 0.29) is 6.10 Å². The minimum absolute atomic E-state index is 0.176. The van der Waals surface area contributed by atoms with Gasteiger partial charge in [0.2, 0.25) is 0 Å². The van der Waals surface area contributed by atoms with E-state index in [1.165, 1.54) is 12.0 Å². The van der Waals surface area contributed by atoms with Crippen molar-refractivity contribution in [2.24, 2.45) is 0 Å². The first-order valence-electron chi connectivity index (χ1n) is 7.22. The average molecular weight is 248 g/mol. The molecule has 1 fully saturated rings. The van der Waals surface area contributed by atoms with E-state index in [1.54, 1.807) is 0 Å². The van der Waals surface area contributed by atoms with Crippen LogP contribution in [0.25, 0.3) is 0 Å². The average Bonchev–Trinajstić information content (AvgIpc) is 2.40. The highest BCUT2D eigenvalue weighted by atomic mass is 16.5. The molecule has 0 bridgehead atoms. The number of ether oxygens (including phenoxy) is 1. The minimum Gasteiger partial charge on any atom is -0.494 e. The van der Waals surface area contributed by atoms with Crippen LogP contribution in [-0.2, 0) is 0 Å². The smallest absolute Gasteiger partial charge is 0.119 e. The normalized spacial score (nSPS) is 23.9. The predicted molar refractivity (Wildman–Crippen MR) is 74.1 cm³/mol. The van der Waals surface area contributed by atoms with Crippen molar-refractivity contribution in [3.05, 3.63) is 29.8 Å². The van der Waals surface area contributed by atoms with E-state index >= 15 is 0 Å². The van der Waals surface area contributed by atoms with Crippen LogP contribution >= 0.6 is 0 Å². The highest BCUT2D eigenvalue weighted by Crippen LogP contribution is 2.34. The van der Waals surface area contributed by atoms with Gasteiger partial charge in [0, 0.05) is 5.92 Å². The Morgan fingerprint density at radius 2 is 2.11 bits per heavy atom. The second-order valence-electron chi connectivity index (χ2n) is 5.23. The van der Waals surface area contributed by atoms with Gasteiger partial charge in [-0.05, 0) is 37.0 Å². The topological polar surface area (TPSA) is 29.5 Å². The lowest BCUT2D eigenvalue weighted by atomic mass is 9.82. The van der Waals surface area contributed by atoms with Gasteiger partial charge in [0.25, 0.3) is 0 Å². The van der Waals surface area contributed by atoms with Crippen molar-refractivity contribution in [2.75, 3.05) is 6.61 Å². The van der Waals surface area contributed by atoms with E-state index in [0.29, 0.717) is 5.92 Å². The van der Waals surface area contributed by atoms with Gasteiger partial charge in [-0.3, -0.25) is 0 Å². The second-order valence-corrected chi connectivity index (χ2v) is 5.23. The molecule has 1 N–H and O–H groups in total. The van der Waals surface area contributed by atoms with E-state index < -0.39 is 0 Å². The fourth-order valence-corrected chi connectivity index (χ4v) is 2.67. The molecule has 2 rings (SSSR count). The molecule has 18 heavy (non-hydrogen) atoms. The van der Waals surface area contributed by atoms with Crippen molar-refractivity contribution < 1.29 is 9.84 Å². The Morgan fingerprint density at radius 1 is 1.28 bits per heavy atom. The van der Waals surface area contributed by atoms with Crippen LogP contribution in [0.3, 0.4) is 0 Å². The van der Waals surface area contributed by atoms with Gasteiger partial charge in [0.15, 0.2) is 0 Å². The Bertz CT molecular complexity index is 362. The number of aliphatic hydroxyl groups is 1. The molecule has 2 nitrogen and oxygen atoms in total. The number of aliphatic hydroxyl groups excluding tert-OH is 1. The van der Waals surface area contributed by atoms with Crippen molar-refractivity contribution in [1.29, 1.82) is 0 Å². The molecule has 1 aliphatic rings. The Kier molecular flexibility index (Phi) is 5.06. The Balaban J connectivity index is 2.01. The molecule has 0 unspecified atom stereocenters. The van der Waals surface area contributed by atoms with Crippen LogP contribution in [0.15, 0.2) is 24.3 Å². The molecule has 2 heteroatoms. The quantitative estimate of drug-likeness (QED) is 0.801. The number of benzene rings is 1. The largest absolute Gasteiger partial charge is 0.494 e. The molecule has 0 aliphatic heterocycles. The molecule has 2 atom stereocenters. The van der Waals surface area contributed by atoms with Crippen molar-refractivity contribution in [3.63, 3.8) is 0 Å². The summed E-state index contributed by atoms with van der Waals surface area (Å²) in [5.41, 5.74) is 1.23. The number of hydrogen-bond donors (Lipinski definition) is 1. The van der Waals surface area contributed by atoms with E-state index in [2.05, 4.69) is 19.1 Å². The summed E-state index contributed by atoms with van der Waals surface area (Å²) in [4.78, 5) is 0. The highest BCUT2D eigenvalue weighted by Gasteiger charge is 2.24. The monoisotopic (exact) mass is 248 g/mol. The van der Waals surface area contributed by atoms with Crippen molar-refractivity contribution in [3.8, 4) is 5.75 Å². The Labute approximate surface area is 110 Å². The lowest BCUT2D eigenvalue weighted by molar-refractivity contribution is 0.106. The molecule has 0 spiro atoms. The summed E-state index contributed by atoms with van der Waals surface area (Å²) < 4.78 is 5.73. The first-order valence-corrected chi connectivity index (χ1v) is 7.22. The summed E-state index contributed by atoms with van der Waals surface area (Å²) in [7, 11) is 0. The van der Waals surface area contributed by atoms with Crippen LogP contribution in [0, 0.1) is 0 Å². The van der Waals surface area contributed by atoms with Gasteiger partial charge < -0.3 is 9.84 Å². The molecule has 0 aromatic heterocycles. The van der Waals surface area contributed by atoms with Crippen LogP contribution in [-0.4, -0.2) is 17.8 Å². The van der Waals surface area contributed by atoms with Crippen LogP contribution in [0.2, 0.25) is 0 Å². The summed E-state index contributed by atoms with van der Waals surface area (Å²) >= 11 is 0. The summed E-state index contributed by atoms with van der Waals surface area (Å²) in [6.45, 7) is 2.95. The summed E-state index contributed by atoms with van der Waals surface area (Å²) in [6.07, 6.45) is 6.49. The molecule has 0 saturated heterocycles. The minimum atomic E-state index is -0.176. The SMILES string of the molecule is CCCCOc1cccc([C@H]2CCCC[C@@H]2O)c1. The fraction of sp³-hybridized carbons (Fsp3) is 0.625. The number of rotatable bonds is 5. The summed E-state index contributed by atoms with van der Waals surface area (Å²) in [6, 6.07) is 8.27. The summed E-state index contributed by atoms with van der Waals surface area (Å²) in [5, 5.41) is 10.1. The third kappa shape index (κ3) is 3.49. The molecule has 1 aliphatic carbocycles. The van der Waals surface area contributed by atoms with Gasteiger partial charge in [0.1, 0.15) is 5.75 Å². The molecular formula is C16H24O2. The Hall–Kier alpha value is -1.02. The molecule has 1 aromatic carbocycles. The van der Waals surface area contributed by atoms with Crippen LogP contribution < -0.4 is 4.74 Å². The third-order valence-corrected chi connectivity index (χ3v) is 3.78. The maximum absolute atomic E-state index is 10.1. The van der Waals surface area contributed by atoms with Crippen molar-refractivity contribution in [1.82, 2.24) is 0 Å². The van der Waals surface area contributed by atoms with Gasteiger partial charge in [-0.25, -0.2) is 0 Å². The number of unbranched alkanes of at least 4 members (excludes halogenated alkanes) is 1. The van der Waals surface area contributed by atoms with Crippen molar-refractivity contribution >= 4 is 0 Å². The zero-order valence-electron chi connectivity index (χ0n) is 11.3. The third-order valence-electron chi connectivity index (χ3n) is 3.78. The Morgan fingerprint density at radius 3 is 2.89 bits per heavy atom. The van der Waals surface area contributed by atoms with E-state index in [0.717, 1.165) is 44.5 Å². The maximum atomic E-state index is 10.1. The maximum Gasteiger partial charge on any atom is 0.119 e. The molecular weight excluding hydrogens is 224 g/mol. The molecule has 0 heterocycles. The molecule has 0 radical (unpaired) electrons. The second kappa shape index (κ2) is 6.79. The molecule has 100 valence electrons. The zero-order valence-corrected chi connectivity index (χ0v) is 11.3. The summed E-state index contributed by atoms with van der Waals surface area (Å²) in [5.74, 6) is 1.24. The molecule has 1 saturated carbocycles. The zero-order chi connectivity index (χ0) is 12.8. The van der Waals surface area contributed by atoms with Gasteiger partial charge >= 0.3 is 0 Å². The van der Waals surface area contributed by atoms with Gasteiger partial charge in [-0.1, -0.05) is 38.3 Å². The molecule has 1 aromatic rings. The van der Waals surface area contributed by atoms with E-state index in [4.69, 9.17) is 4.74 Å². The van der Waals surface area contributed by atoms with Crippen LogP contribution in [0.1, 0.15) is 56.9 Å². The first kappa shape index (κ1) is 13.4. The van der Waals surface area contributed by atoms with E-state index in [1.807, 2.05) is 12.1 Å². The first-order chi connectivity index (χ1) is 8.81.